The second-order valence-electron chi connectivity index (χ2n) is 5.05. The largest absolute Gasteiger partial charge is 0.352 e. The van der Waals surface area contributed by atoms with Gasteiger partial charge < -0.3 is 9.88 Å². The molecule has 21 heavy (non-hydrogen) atoms. The monoisotopic (exact) mass is 284 g/mol. The van der Waals surface area contributed by atoms with Crippen molar-refractivity contribution in [3.63, 3.8) is 0 Å². The van der Waals surface area contributed by atoms with Gasteiger partial charge in [-0.1, -0.05) is 25.1 Å². The van der Waals surface area contributed by atoms with Crippen LogP contribution in [-0.4, -0.2) is 16.3 Å². The Balaban J connectivity index is 2.25. The molecule has 0 radical (unpaired) electrons. The van der Waals surface area contributed by atoms with Crippen LogP contribution in [0.25, 0.3) is 11.3 Å². The van der Waals surface area contributed by atoms with Crippen LogP contribution in [0.3, 0.4) is 0 Å². The molecular weight excluding hydrogens is 264 g/mol. The van der Waals surface area contributed by atoms with E-state index in [1.165, 1.54) is 0 Å². The fourth-order valence-electron chi connectivity index (χ4n) is 2.32. The van der Waals surface area contributed by atoms with Crippen molar-refractivity contribution in [2.24, 2.45) is 7.05 Å². The van der Waals surface area contributed by atoms with Crippen LogP contribution in [-0.2, 0) is 18.4 Å². The lowest BCUT2D eigenvalue weighted by atomic mass is 10.1. The molecule has 1 N–H and O–H groups in total. The number of aromatic nitrogens is 1. The molecule has 0 saturated carbocycles. The van der Waals surface area contributed by atoms with Crippen LogP contribution in [0, 0.1) is 0 Å². The SMILES string of the molecule is CCC(=O)NCc1cccc(-c2ccc(C(C)=O)n2C)c1. The Morgan fingerprint density at radius 1 is 1.19 bits per heavy atom. The number of Topliss-reactive ketones (excluding diaryl/α,β-unsaturated/α-hetero) is 1. The molecule has 0 aliphatic heterocycles. The second kappa shape index (κ2) is 6.39. The van der Waals surface area contributed by atoms with Crippen molar-refractivity contribution in [2.45, 2.75) is 26.8 Å². The van der Waals surface area contributed by atoms with Gasteiger partial charge in [0.15, 0.2) is 5.78 Å². The Hall–Kier alpha value is -2.36. The predicted octanol–water partition coefficient (Wildman–Crippen LogP) is 2.92. The first-order chi connectivity index (χ1) is 10.0. The molecule has 110 valence electrons. The zero-order valence-electron chi connectivity index (χ0n) is 12.6. The smallest absolute Gasteiger partial charge is 0.219 e. The molecule has 0 bridgehead atoms. The second-order valence-corrected chi connectivity index (χ2v) is 5.05. The van der Waals surface area contributed by atoms with Crippen molar-refractivity contribution in [1.29, 1.82) is 0 Å². The highest BCUT2D eigenvalue weighted by atomic mass is 16.1. The summed E-state index contributed by atoms with van der Waals surface area (Å²) in [4.78, 5) is 22.8. The van der Waals surface area contributed by atoms with Gasteiger partial charge in [0.05, 0.1) is 5.69 Å². The minimum atomic E-state index is 0.0399. The first kappa shape index (κ1) is 15.0. The van der Waals surface area contributed by atoms with E-state index in [-0.39, 0.29) is 11.7 Å². The summed E-state index contributed by atoms with van der Waals surface area (Å²) < 4.78 is 1.89. The van der Waals surface area contributed by atoms with Crippen molar-refractivity contribution in [3.8, 4) is 11.3 Å². The van der Waals surface area contributed by atoms with E-state index < -0.39 is 0 Å². The summed E-state index contributed by atoms with van der Waals surface area (Å²) in [6, 6.07) is 11.8. The standard InChI is InChI=1S/C17H20N2O2/c1-4-17(21)18-11-13-6-5-7-14(10-13)16-9-8-15(12(2)20)19(16)3/h5-10H,4,11H2,1-3H3,(H,18,21). The Bertz CT molecular complexity index is 671. The first-order valence-corrected chi connectivity index (χ1v) is 7.05. The van der Waals surface area contributed by atoms with Crippen LogP contribution in [0.1, 0.15) is 36.3 Å². The summed E-state index contributed by atoms with van der Waals surface area (Å²) in [5, 5.41) is 2.87. The van der Waals surface area contributed by atoms with Gasteiger partial charge in [-0.05, 0) is 29.3 Å². The predicted molar refractivity (Wildman–Crippen MR) is 83.0 cm³/mol. The fourth-order valence-corrected chi connectivity index (χ4v) is 2.32. The van der Waals surface area contributed by atoms with Gasteiger partial charge in [0.25, 0.3) is 0 Å². The molecule has 0 fully saturated rings. The van der Waals surface area contributed by atoms with E-state index in [0.717, 1.165) is 16.8 Å². The number of nitrogens with zero attached hydrogens (tertiary/aromatic N) is 1. The van der Waals surface area contributed by atoms with E-state index in [1.54, 1.807) is 6.92 Å². The van der Waals surface area contributed by atoms with Crippen molar-refractivity contribution >= 4 is 11.7 Å². The third-order valence-corrected chi connectivity index (χ3v) is 3.52. The molecule has 2 aromatic rings. The summed E-state index contributed by atoms with van der Waals surface area (Å²) in [6.07, 6.45) is 0.486. The molecule has 1 aromatic carbocycles. The summed E-state index contributed by atoms with van der Waals surface area (Å²) >= 11 is 0. The van der Waals surface area contributed by atoms with E-state index >= 15 is 0 Å². The van der Waals surface area contributed by atoms with Crippen molar-refractivity contribution in [3.05, 3.63) is 47.7 Å². The lowest BCUT2D eigenvalue weighted by Gasteiger charge is -2.09. The highest BCUT2D eigenvalue weighted by Gasteiger charge is 2.10. The zero-order valence-corrected chi connectivity index (χ0v) is 12.6. The normalized spacial score (nSPS) is 10.4. The van der Waals surface area contributed by atoms with E-state index in [9.17, 15) is 9.59 Å². The first-order valence-electron chi connectivity index (χ1n) is 7.05. The van der Waals surface area contributed by atoms with Crippen LogP contribution in [0.4, 0.5) is 0 Å². The van der Waals surface area contributed by atoms with Gasteiger partial charge in [-0.15, -0.1) is 0 Å². The molecule has 0 aliphatic rings. The van der Waals surface area contributed by atoms with Crippen LogP contribution in [0.2, 0.25) is 0 Å². The maximum atomic E-state index is 11.5. The summed E-state index contributed by atoms with van der Waals surface area (Å²) in [5.74, 6) is 0.0910. The summed E-state index contributed by atoms with van der Waals surface area (Å²) in [5.41, 5.74) is 3.76. The van der Waals surface area contributed by atoms with Crippen LogP contribution < -0.4 is 5.32 Å². The molecule has 4 heteroatoms. The highest BCUT2D eigenvalue weighted by Crippen LogP contribution is 2.23. The molecule has 0 unspecified atom stereocenters. The molecule has 0 atom stereocenters. The van der Waals surface area contributed by atoms with Crippen LogP contribution >= 0.6 is 0 Å². The molecule has 2 rings (SSSR count). The maximum Gasteiger partial charge on any atom is 0.219 e. The lowest BCUT2D eigenvalue weighted by Crippen LogP contribution is -2.21. The number of rotatable bonds is 5. The average Bonchev–Trinajstić information content (AvgIpc) is 2.87. The lowest BCUT2D eigenvalue weighted by molar-refractivity contribution is -0.120. The molecule has 1 aromatic heterocycles. The summed E-state index contributed by atoms with van der Waals surface area (Å²) in [7, 11) is 1.89. The van der Waals surface area contributed by atoms with E-state index in [2.05, 4.69) is 5.32 Å². The van der Waals surface area contributed by atoms with Gasteiger partial charge in [0.2, 0.25) is 5.91 Å². The minimum absolute atomic E-state index is 0.0399. The number of hydrogen-bond acceptors (Lipinski definition) is 2. The molecular formula is C17H20N2O2. The van der Waals surface area contributed by atoms with E-state index in [4.69, 9.17) is 0 Å². The van der Waals surface area contributed by atoms with Crippen LogP contribution in [0.15, 0.2) is 36.4 Å². The number of benzene rings is 1. The third kappa shape index (κ3) is 3.40. The Morgan fingerprint density at radius 3 is 2.57 bits per heavy atom. The third-order valence-electron chi connectivity index (χ3n) is 3.52. The van der Waals surface area contributed by atoms with Crippen LogP contribution in [0.5, 0.6) is 0 Å². The molecule has 0 spiro atoms. The fraction of sp³-hybridized carbons (Fsp3) is 0.294. The molecule has 4 nitrogen and oxygen atoms in total. The number of carbonyl (C=O) groups excluding carboxylic acids is 2. The molecule has 1 heterocycles. The number of carbonyl (C=O) groups is 2. The van der Waals surface area contributed by atoms with Crippen molar-refractivity contribution in [2.75, 3.05) is 0 Å². The maximum absolute atomic E-state index is 11.5. The number of hydrogen-bond donors (Lipinski definition) is 1. The summed E-state index contributed by atoms with van der Waals surface area (Å²) in [6.45, 7) is 3.92. The number of amides is 1. The topological polar surface area (TPSA) is 51.1 Å². The average molecular weight is 284 g/mol. The Kier molecular flexibility index (Phi) is 4.58. The van der Waals surface area contributed by atoms with Crippen molar-refractivity contribution < 1.29 is 9.59 Å². The number of ketones is 1. The van der Waals surface area contributed by atoms with E-state index in [1.807, 2.05) is 54.9 Å². The van der Waals surface area contributed by atoms with Gasteiger partial charge in [0, 0.05) is 32.6 Å². The molecule has 0 saturated heterocycles. The highest BCUT2D eigenvalue weighted by molar-refractivity contribution is 5.93. The minimum Gasteiger partial charge on any atom is -0.352 e. The number of nitrogens with one attached hydrogen (secondary N) is 1. The van der Waals surface area contributed by atoms with Gasteiger partial charge in [0.1, 0.15) is 0 Å². The zero-order chi connectivity index (χ0) is 15.4. The van der Waals surface area contributed by atoms with Gasteiger partial charge in [-0.2, -0.15) is 0 Å². The van der Waals surface area contributed by atoms with Gasteiger partial charge in [-0.3, -0.25) is 9.59 Å². The quantitative estimate of drug-likeness (QED) is 0.858. The van der Waals surface area contributed by atoms with Crippen molar-refractivity contribution in [1.82, 2.24) is 9.88 Å². The Labute approximate surface area is 124 Å². The van der Waals surface area contributed by atoms with Gasteiger partial charge in [-0.25, -0.2) is 0 Å². The molecule has 1 amide bonds. The molecule has 0 aliphatic carbocycles. The van der Waals surface area contributed by atoms with Gasteiger partial charge >= 0.3 is 0 Å². The Morgan fingerprint density at radius 2 is 1.95 bits per heavy atom. The van der Waals surface area contributed by atoms with E-state index in [0.29, 0.717) is 18.7 Å².